The fourth-order valence-corrected chi connectivity index (χ4v) is 3.87. The fraction of sp³-hybridized carbons (Fsp3) is 0.333. The molecule has 3 rings (SSSR count). The number of rotatable bonds is 7. The van der Waals surface area contributed by atoms with Crippen molar-refractivity contribution >= 4 is 23.4 Å². The van der Waals surface area contributed by atoms with Gasteiger partial charge in [0.2, 0.25) is 5.91 Å². The van der Waals surface area contributed by atoms with Crippen LogP contribution in [0.2, 0.25) is 0 Å². The van der Waals surface area contributed by atoms with Crippen LogP contribution in [-0.4, -0.2) is 48.6 Å². The number of amides is 1. The molecule has 0 saturated carbocycles. The van der Waals surface area contributed by atoms with Gasteiger partial charge >= 0.3 is 0 Å². The van der Waals surface area contributed by atoms with Gasteiger partial charge in [0.25, 0.3) is 0 Å². The third kappa shape index (κ3) is 5.64. The normalized spacial score (nSPS) is 16.6. The number of hydrogen-bond donors (Lipinski definition) is 1. The van der Waals surface area contributed by atoms with Crippen molar-refractivity contribution in [3.05, 3.63) is 66.0 Å². The molecule has 7 heteroatoms. The number of ether oxygens (including phenoxy) is 1. The number of thioether (sulfide) groups is 1. The quantitative estimate of drug-likeness (QED) is 0.438. The molecule has 1 atom stereocenters. The van der Waals surface area contributed by atoms with Crippen molar-refractivity contribution in [1.29, 1.82) is 0 Å². The van der Waals surface area contributed by atoms with E-state index < -0.39 is 0 Å². The van der Waals surface area contributed by atoms with Gasteiger partial charge in [-0.25, -0.2) is 9.82 Å². The molecule has 0 radical (unpaired) electrons. The molecule has 5 nitrogen and oxygen atoms in total. The summed E-state index contributed by atoms with van der Waals surface area (Å²) in [5.41, 5.74) is 4.54. The minimum absolute atomic E-state index is 0.0235. The Labute approximate surface area is 169 Å². The lowest BCUT2D eigenvalue weighted by molar-refractivity contribution is -0.118. The maximum Gasteiger partial charge on any atom is 0.250 e. The molecule has 1 fully saturated rings. The van der Waals surface area contributed by atoms with Crippen LogP contribution >= 0.6 is 11.8 Å². The largest absolute Gasteiger partial charge is 0.379 e. The molecule has 1 heterocycles. The number of nitrogens with one attached hydrogen (secondary N) is 1. The van der Waals surface area contributed by atoms with Crippen LogP contribution in [0.3, 0.4) is 0 Å². The number of hydrogen-bond acceptors (Lipinski definition) is 5. The summed E-state index contributed by atoms with van der Waals surface area (Å²) in [6.07, 6.45) is 0. The van der Waals surface area contributed by atoms with Crippen LogP contribution in [0.4, 0.5) is 4.39 Å². The van der Waals surface area contributed by atoms with Crippen LogP contribution in [0, 0.1) is 5.82 Å². The molecule has 0 bridgehead atoms. The Morgan fingerprint density at radius 1 is 1.18 bits per heavy atom. The summed E-state index contributed by atoms with van der Waals surface area (Å²) in [5.74, 6) is -0.483. The summed E-state index contributed by atoms with van der Waals surface area (Å²) in [6, 6.07) is 16.5. The molecule has 2 aromatic rings. The number of hydrazone groups is 1. The van der Waals surface area contributed by atoms with Crippen molar-refractivity contribution in [3.8, 4) is 0 Å². The van der Waals surface area contributed by atoms with Gasteiger partial charge in [-0.1, -0.05) is 42.5 Å². The fourth-order valence-electron chi connectivity index (χ4n) is 3.14. The van der Waals surface area contributed by atoms with Crippen LogP contribution in [-0.2, 0) is 9.53 Å². The number of benzene rings is 2. The van der Waals surface area contributed by atoms with Crippen molar-refractivity contribution in [2.45, 2.75) is 17.9 Å². The number of morpholine rings is 1. The van der Waals surface area contributed by atoms with Crippen LogP contribution in [0.1, 0.15) is 18.5 Å². The SMILES string of the molecule is C/C(=N/NC(=O)CSc1ccccc1F)[C@H](c1ccccc1)N1CCOCC1. The number of carbonyl (C=O) groups excluding carboxylic acids is 1. The van der Waals surface area contributed by atoms with E-state index in [-0.39, 0.29) is 23.5 Å². The first-order chi connectivity index (χ1) is 13.6. The Hall–Kier alpha value is -2.22. The van der Waals surface area contributed by atoms with E-state index >= 15 is 0 Å². The lowest BCUT2D eigenvalue weighted by Crippen LogP contribution is -2.42. The van der Waals surface area contributed by atoms with Gasteiger partial charge in [-0.15, -0.1) is 11.8 Å². The van der Waals surface area contributed by atoms with Gasteiger partial charge in [0.1, 0.15) is 5.82 Å². The zero-order valence-corrected chi connectivity index (χ0v) is 16.6. The first kappa shape index (κ1) is 20.5. The third-order valence-electron chi connectivity index (χ3n) is 4.47. The summed E-state index contributed by atoms with van der Waals surface area (Å²) in [5, 5.41) is 4.34. The van der Waals surface area contributed by atoms with Crippen LogP contribution in [0.25, 0.3) is 0 Å². The predicted octanol–water partition coefficient (Wildman–Crippen LogP) is 3.48. The van der Waals surface area contributed by atoms with Crippen molar-refractivity contribution in [2.24, 2.45) is 5.10 Å². The van der Waals surface area contributed by atoms with E-state index in [1.54, 1.807) is 18.2 Å². The monoisotopic (exact) mass is 401 g/mol. The second kappa shape index (κ2) is 10.4. The smallest absolute Gasteiger partial charge is 0.250 e. The molecule has 0 unspecified atom stereocenters. The van der Waals surface area contributed by atoms with Gasteiger partial charge < -0.3 is 4.74 Å². The average Bonchev–Trinajstić information content (AvgIpc) is 2.73. The summed E-state index contributed by atoms with van der Waals surface area (Å²) in [7, 11) is 0. The standard InChI is InChI=1S/C21H24FN3O2S/c1-16(23-24-20(26)15-28-19-10-6-5-9-18(19)22)21(17-7-3-2-4-8-17)25-11-13-27-14-12-25/h2-10,21H,11-15H2,1H3,(H,24,26)/b23-16-/t21-/m1/s1. The molecular weight excluding hydrogens is 377 g/mol. The molecule has 2 aromatic carbocycles. The van der Waals surface area contributed by atoms with Crippen molar-refractivity contribution in [3.63, 3.8) is 0 Å². The summed E-state index contributed by atoms with van der Waals surface area (Å²) in [6.45, 7) is 4.90. The van der Waals surface area contributed by atoms with Gasteiger partial charge in [-0.05, 0) is 24.6 Å². The Balaban J connectivity index is 1.64. The lowest BCUT2D eigenvalue weighted by Gasteiger charge is -2.34. The highest BCUT2D eigenvalue weighted by atomic mass is 32.2. The second-order valence-electron chi connectivity index (χ2n) is 6.47. The van der Waals surface area contributed by atoms with Crippen molar-refractivity contribution in [1.82, 2.24) is 10.3 Å². The molecule has 1 aliphatic heterocycles. The molecule has 28 heavy (non-hydrogen) atoms. The van der Waals surface area contributed by atoms with E-state index in [0.29, 0.717) is 18.1 Å². The van der Waals surface area contributed by atoms with Gasteiger partial charge in [0, 0.05) is 18.0 Å². The molecule has 0 aliphatic carbocycles. The van der Waals surface area contributed by atoms with Gasteiger partial charge in [-0.3, -0.25) is 9.69 Å². The third-order valence-corrected chi connectivity index (χ3v) is 5.52. The van der Waals surface area contributed by atoms with Crippen LogP contribution in [0.5, 0.6) is 0 Å². The highest BCUT2D eigenvalue weighted by Gasteiger charge is 2.25. The highest BCUT2D eigenvalue weighted by molar-refractivity contribution is 8.00. The van der Waals surface area contributed by atoms with Gasteiger partial charge in [-0.2, -0.15) is 5.10 Å². The maximum absolute atomic E-state index is 13.7. The topological polar surface area (TPSA) is 53.9 Å². The molecule has 1 amide bonds. The number of nitrogens with zero attached hydrogens (tertiary/aromatic N) is 2. The van der Waals surface area contributed by atoms with E-state index in [1.165, 1.54) is 6.07 Å². The minimum atomic E-state index is -0.323. The zero-order chi connectivity index (χ0) is 19.8. The van der Waals surface area contributed by atoms with Gasteiger partial charge in [0.15, 0.2) is 0 Å². The second-order valence-corrected chi connectivity index (χ2v) is 7.49. The maximum atomic E-state index is 13.7. The zero-order valence-electron chi connectivity index (χ0n) is 15.8. The summed E-state index contributed by atoms with van der Waals surface area (Å²) < 4.78 is 19.1. The average molecular weight is 402 g/mol. The molecule has 1 N–H and O–H groups in total. The van der Waals surface area contributed by atoms with E-state index in [2.05, 4.69) is 27.6 Å². The molecule has 0 spiro atoms. The first-order valence-electron chi connectivity index (χ1n) is 9.22. The van der Waals surface area contributed by atoms with Crippen LogP contribution < -0.4 is 5.43 Å². The lowest BCUT2D eigenvalue weighted by atomic mass is 10.0. The van der Waals surface area contributed by atoms with Crippen LogP contribution in [0.15, 0.2) is 64.6 Å². The predicted molar refractivity (Wildman–Crippen MR) is 110 cm³/mol. The Kier molecular flexibility index (Phi) is 7.59. The van der Waals surface area contributed by atoms with E-state index in [0.717, 1.165) is 36.1 Å². The molecule has 1 saturated heterocycles. The minimum Gasteiger partial charge on any atom is -0.379 e. The highest BCUT2D eigenvalue weighted by Crippen LogP contribution is 2.24. The Morgan fingerprint density at radius 2 is 1.86 bits per heavy atom. The summed E-state index contributed by atoms with van der Waals surface area (Å²) >= 11 is 1.16. The van der Waals surface area contributed by atoms with Gasteiger partial charge in [0.05, 0.1) is 30.7 Å². The van der Waals surface area contributed by atoms with Crippen molar-refractivity contribution in [2.75, 3.05) is 32.1 Å². The van der Waals surface area contributed by atoms with E-state index in [4.69, 9.17) is 4.74 Å². The molecular formula is C21H24FN3O2S. The number of halogens is 1. The Bertz CT molecular complexity index is 810. The molecule has 1 aliphatic rings. The van der Waals surface area contributed by atoms with E-state index in [9.17, 15) is 9.18 Å². The molecule has 0 aromatic heterocycles. The number of carbonyl (C=O) groups is 1. The van der Waals surface area contributed by atoms with E-state index in [1.807, 2.05) is 25.1 Å². The summed E-state index contributed by atoms with van der Waals surface area (Å²) in [4.78, 5) is 14.9. The molecule has 148 valence electrons. The van der Waals surface area contributed by atoms with Crippen molar-refractivity contribution < 1.29 is 13.9 Å². The first-order valence-corrected chi connectivity index (χ1v) is 10.2. The Morgan fingerprint density at radius 3 is 2.57 bits per heavy atom.